The monoisotopic (exact) mass is 504 g/mol. The summed E-state index contributed by atoms with van der Waals surface area (Å²) in [6.45, 7) is 1.84. The van der Waals surface area contributed by atoms with E-state index in [1.54, 1.807) is 12.3 Å². The average Bonchev–Trinajstić information content (AvgIpc) is 3.38. The summed E-state index contributed by atoms with van der Waals surface area (Å²) in [6, 6.07) is 5.36. The topological polar surface area (TPSA) is 108 Å². The van der Waals surface area contributed by atoms with Crippen LogP contribution in [0.2, 0.25) is 0 Å². The van der Waals surface area contributed by atoms with E-state index in [4.69, 9.17) is 0 Å². The van der Waals surface area contributed by atoms with Crippen LogP contribution in [-0.2, 0) is 16.6 Å². The van der Waals surface area contributed by atoms with Crippen LogP contribution in [0.5, 0.6) is 0 Å². The Morgan fingerprint density at radius 3 is 2.51 bits per heavy atom. The van der Waals surface area contributed by atoms with Gasteiger partial charge in [-0.2, -0.15) is 13.2 Å². The van der Waals surface area contributed by atoms with Crippen molar-refractivity contribution in [1.82, 2.24) is 15.0 Å². The molecule has 2 aliphatic rings. The minimum Gasteiger partial charge on any atom is -0.481 e. The molecule has 0 spiro atoms. The van der Waals surface area contributed by atoms with Gasteiger partial charge in [0, 0.05) is 12.4 Å². The third kappa shape index (κ3) is 4.62. The molecule has 0 saturated heterocycles. The summed E-state index contributed by atoms with van der Waals surface area (Å²) in [5, 5.41) is 24.3. The standard InChI is InChI=1S/C24H23F3N4O3S/c1-12-6-16(30-19(7-12)31-18-8-15(4-5-28-18)24(25,26)27)17-11-29-22(35-17)23(34)9-13-2-3-14(10-23)20(13)21(32)33/h4-8,11,13-14,20,34H,2-3,9-10H2,1H3,(H,32,33)(H,28,30,31)/t13-,14+,20?,23?. The second kappa shape index (κ2) is 8.56. The number of aliphatic carboxylic acids is 1. The van der Waals surface area contributed by atoms with Crippen LogP contribution in [0.4, 0.5) is 24.8 Å². The van der Waals surface area contributed by atoms with Gasteiger partial charge in [-0.25, -0.2) is 15.0 Å². The molecule has 35 heavy (non-hydrogen) atoms. The molecule has 0 amide bonds. The number of halogens is 3. The van der Waals surface area contributed by atoms with E-state index in [-0.39, 0.29) is 17.7 Å². The maximum absolute atomic E-state index is 13.0. The van der Waals surface area contributed by atoms with Gasteiger partial charge in [0.05, 0.1) is 22.1 Å². The Kier molecular flexibility index (Phi) is 5.79. The number of aromatic nitrogens is 3. The van der Waals surface area contributed by atoms with Gasteiger partial charge < -0.3 is 15.5 Å². The van der Waals surface area contributed by atoms with Crippen LogP contribution < -0.4 is 5.32 Å². The highest BCUT2D eigenvalue weighted by molar-refractivity contribution is 7.15. The Morgan fingerprint density at radius 1 is 1.14 bits per heavy atom. The molecule has 3 aromatic heterocycles. The predicted molar refractivity (Wildman–Crippen MR) is 123 cm³/mol. The van der Waals surface area contributed by atoms with Crippen molar-refractivity contribution in [2.45, 2.75) is 44.4 Å². The van der Waals surface area contributed by atoms with E-state index < -0.39 is 29.2 Å². The highest BCUT2D eigenvalue weighted by Gasteiger charge is 2.53. The van der Waals surface area contributed by atoms with E-state index in [2.05, 4.69) is 20.3 Å². The first-order chi connectivity index (χ1) is 16.5. The molecule has 0 aliphatic heterocycles. The molecule has 2 unspecified atom stereocenters. The second-order valence-corrected chi connectivity index (χ2v) is 10.4. The predicted octanol–water partition coefficient (Wildman–Crippen LogP) is 5.38. The Hall–Kier alpha value is -3.05. The van der Waals surface area contributed by atoms with Crippen LogP contribution in [0, 0.1) is 24.7 Å². The SMILES string of the molecule is Cc1cc(Nc2cc(C(F)(F)F)ccn2)nc(-c2cnc(C3(O)C[C@H]4CC[C@@H](C3)C4C(=O)O)s2)c1. The van der Waals surface area contributed by atoms with Crippen molar-refractivity contribution in [3.63, 3.8) is 0 Å². The van der Waals surface area contributed by atoms with Gasteiger partial charge in [0.15, 0.2) is 0 Å². The van der Waals surface area contributed by atoms with Crippen LogP contribution in [0.15, 0.2) is 36.7 Å². The van der Waals surface area contributed by atoms with Crippen molar-refractivity contribution in [1.29, 1.82) is 0 Å². The highest BCUT2D eigenvalue weighted by Crippen LogP contribution is 2.54. The number of rotatable bonds is 5. The molecule has 2 saturated carbocycles. The van der Waals surface area contributed by atoms with Crippen molar-refractivity contribution in [2.24, 2.45) is 17.8 Å². The average molecular weight is 505 g/mol. The molecule has 3 N–H and O–H groups in total. The molecule has 5 rings (SSSR count). The van der Waals surface area contributed by atoms with Gasteiger partial charge in [0.2, 0.25) is 0 Å². The summed E-state index contributed by atoms with van der Waals surface area (Å²) in [4.78, 5) is 25.3. The van der Waals surface area contributed by atoms with Crippen LogP contribution in [-0.4, -0.2) is 31.1 Å². The van der Waals surface area contributed by atoms with Crippen molar-refractivity contribution in [3.05, 3.63) is 52.8 Å². The van der Waals surface area contributed by atoms with Crippen molar-refractivity contribution in [3.8, 4) is 10.6 Å². The first-order valence-electron chi connectivity index (χ1n) is 11.2. The van der Waals surface area contributed by atoms with Crippen molar-refractivity contribution >= 4 is 28.9 Å². The number of nitrogens with one attached hydrogen (secondary N) is 1. The lowest BCUT2D eigenvalue weighted by Crippen LogP contribution is -2.41. The van der Waals surface area contributed by atoms with E-state index in [1.807, 2.05) is 13.0 Å². The smallest absolute Gasteiger partial charge is 0.416 e. The summed E-state index contributed by atoms with van der Waals surface area (Å²) in [5.41, 5.74) is -0.588. The van der Waals surface area contributed by atoms with E-state index in [0.717, 1.165) is 36.7 Å². The van der Waals surface area contributed by atoms with Gasteiger partial charge in [-0.3, -0.25) is 4.79 Å². The van der Waals surface area contributed by atoms with Gasteiger partial charge in [-0.1, -0.05) is 0 Å². The summed E-state index contributed by atoms with van der Waals surface area (Å²) in [5.74, 6) is -0.993. The lowest BCUT2D eigenvalue weighted by molar-refractivity contribution is -0.150. The molecule has 2 aliphatic carbocycles. The molecule has 184 valence electrons. The zero-order chi connectivity index (χ0) is 25.0. The normalized spacial score (nSPS) is 26.0. The zero-order valence-electron chi connectivity index (χ0n) is 18.7. The Labute approximate surface area is 203 Å². The molecule has 11 heteroatoms. The summed E-state index contributed by atoms with van der Waals surface area (Å²) < 4.78 is 39.1. The Morgan fingerprint density at radius 2 is 1.86 bits per heavy atom. The van der Waals surface area contributed by atoms with Gasteiger partial charge in [-0.15, -0.1) is 11.3 Å². The molecule has 3 heterocycles. The van der Waals surface area contributed by atoms with Gasteiger partial charge >= 0.3 is 12.1 Å². The van der Waals surface area contributed by atoms with Gasteiger partial charge in [0.1, 0.15) is 22.2 Å². The van der Waals surface area contributed by atoms with Gasteiger partial charge in [-0.05, 0) is 74.3 Å². The van der Waals surface area contributed by atoms with Crippen molar-refractivity contribution < 1.29 is 28.2 Å². The number of hydrogen-bond acceptors (Lipinski definition) is 7. The van der Waals surface area contributed by atoms with E-state index in [9.17, 15) is 28.2 Å². The van der Waals surface area contributed by atoms with Gasteiger partial charge in [0.25, 0.3) is 0 Å². The minimum absolute atomic E-state index is 0.0221. The maximum Gasteiger partial charge on any atom is 0.416 e. The number of carbonyl (C=O) groups is 1. The second-order valence-electron chi connectivity index (χ2n) is 9.40. The largest absolute Gasteiger partial charge is 0.481 e. The number of hydrogen-bond donors (Lipinski definition) is 3. The van der Waals surface area contributed by atoms with Crippen LogP contribution in [0.1, 0.15) is 41.8 Å². The Bertz CT molecular complexity index is 1260. The number of thiazole rings is 1. The lowest BCUT2D eigenvalue weighted by Gasteiger charge is -2.38. The number of pyridine rings is 2. The third-order valence-electron chi connectivity index (χ3n) is 6.88. The molecule has 2 fully saturated rings. The van der Waals surface area contributed by atoms with Crippen LogP contribution in [0.3, 0.4) is 0 Å². The fourth-order valence-electron chi connectivity index (χ4n) is 5.43. The molecule has 0 aromatic carbocycles. The van der Waals surface area contributed by atoms with Crippen LogP contribution in [0.25, 0.3) is 10.6 Å². The first kappa shape index (κ1) is 23.7. The minimum atomic E-state index is -4.48. The molecule has 4 atom stereocenters. The maximum atomic E-state index is 13.0. The van der Waals surface area contributed by atoms with Crippen molar-refractivity contribution in [2.75, 3.05) is 5.32 Å². The van der Waals surface area contributed by atoms with E-state index in [1.165, 1.54) is 11.3 Å². The lowest BCUT2D eigenvalue weighted by atomic mass is 9.71. The first-order valence-corrected chi connectivity index (χ1v) is 12.0. The Balaban J connectivity index is 1.39. The quantitative estimate of drug-likeness (QED) is 0.428. The highest BCUT2D eigenvalue weighted by atomic mass is 32.1. The van der Waals surface area contributed by atoms with E-state index in [0.29, 0.717) is 34.2 Å². The molecular formula is C24H23F3N4O3S. The number of aryl methyl sites for hydroxylation is 1. The number of nitrogens with zero attached hydrogens (tertiary/aromatic N) is 3. The number of carboxylic acids is 1. The molecule has 2 bridgehead atoms. The summed E-state index contributed by atoms with van der Waals surface area (Å²) in [6.07, 6.45) is 0.542. The fraction of sp³-hybridized carbons (Fsp3) is 0.417. The molecular weight excluding hydrogens is 481 g/mol. The molecule has 7 nitrogen and oxygen atoms in total. The van der Waals surface area contributed by atoms with E-state index >= 15 is 0 Å². The summed E-state index contributed by atoms with van der Waals surface area (Å²) >= 11 is 1.30. The molecule has 3 aromatic rings. The molecule has 0 radical (unpaired) electrons. The number of alkyl halides is 3. The number of aliphatic hydroxyl groups is 1. The third-order valence-corrected chi connectivity index (χ3v) is 8.09. The zero-order valence-corrected chi connectivity index (χ0v) is 19.5. The van der Waals surface area contributed by atoms with Crippen LogP contribution >= 0.6 is 11.3 Å². The number of fused-ring (bicyclic) bond motifs is 2. The number of anilines is 2. The number of carboxylic acid groups (broad SMARTS) is 1. The summed E-state index contributed by atoms with van der Waals surface area (Å²) in [7, 11) is 0. The fourth-order valence-corrected chi connectivity index (χ4v) is 6.42.